The van der Waals surface area contributed by atoms with Gasteiger partial charge in [-0.2, -0.15) is 10.2 Å². The minimum Gasteiger partial charge on any atom is -0.493 e. The number of benzene rings is 2. The summed E-state index contributed by atoms with van der Waals surface area (Å²) in [6, 6.07) is 12.5. The Labute approximate surface area is 164 Å². The molecule has 8 heteroatoms. The van der Waals surface area contributed by atoms with Gasteiger partial charge in [-0.05, 0) is 42.5 Å². The first-order valence-corrected chi connectivity index (χ1v) is 8.76. The van der Waals surface area contributed by atoms with E-state index in [0.717, 1.165) is 21.3 Å². The fourth-order valence-electron chi connectivity index (χ4n) is 2.44. The lowest BCUT2D eigenvalue weighted by molar-refractivity contribution is 0.0955. The summed E-state index contributed by atoms with van der Waals surface area (Å²) >= 11 is 3.33. The fourth-order valence-corrected chi connectivity index (χ4v) is 2.71. The van der Waals surface area contributed by atoms with Crippen molar-refractivity contribution < 1.29 is 14.3 Å². The average Bonchev–Trinajstić information content (AvgIpc) is 3.16. The molecular formula is C19H17BrN4O3. The molecule has 3 rings (SSSR count). The Kier molecular flexibility index (Phi) is 5.87. The molecule has 7 nitrogen and oxygen atoms in total. The predicted molar refractivity (Wildman–Crippen MR) is 106 cm³/mol. The molecule has 3 aromatic rings. The van der Waals surface area contributed by atoms with E-state index in [9.17, 15) is 4.79 Å². The Morgan fingerprint density at radius 3 is 2.59 bits per heavy atom. The second kappa shape index (κ2) is 8.50. The predicted octanol–water partition coefficient (Wildman–Crippen LogP) is 3.62. The van der Waals surface area contributed by atoms with Crippen LogP contribution in [0.4, 0.5) is 0 Å². The maximum Gasteiger partial charge on any atom is 0.271 e. The van der Waals surface area contributed by atoms with Crippen molar-refractivity contribution in [1.82, 2.24) is 15.6 Å². The number of hydrogen-bond acceptors (Lipinski definition) is 5. The minimum atomic E-state index is -0.296. The molecule has 0 saturated heterocycles. The van der Waals surface area contributed by atoms with Crippen molar-refractivity contribution >= 4 is 28.1 Å². The van der Waals surface area contributed by atoms with Gasteiger partial charge in [-0.25, -0.2) is 5.43 Å². The summed E-state index contributed by atoms with van der Waals surface area (Å²) < 4.78 is 11.5. The van der Waals surface area contributed by atoms with E-state index in [4.69, 9.17) is 9.47 Å². The number of aromatic nitrogens is 2. The zero-order chi connectivity index (χ0) is 19.2. The highest BCUT2D eigenvalue weighted by atomic mass is 79.9. The summed E-state index contributed by atoms with van der Waals surface area (Å²) in [5.41, 5.74) is 5.34. The van der Waals surface area contributed by atoms with E-state index in [2.05, 4.69) is 36.7 Å². The van der Waals surface area contributed by atoms with E-state index in [-0.39, 0.29) is 5.91 Å². The number of aromatic amines is 1. The van der Waals surface area contributed by atoms with E-state index in [1.54, 1.807) is 44.7 Å². The zero-order valence-electron chi connectivity index (χ0n) is 14.7. The van der Waals surface area contributed by atoms with E-state index in [1.165, 1.54) is 6.21 Å². The molecule has 0 spiro atoms. The lowest BCUT2D eigenvalue weighted by atomic mass is 10.1. The number of halogens is 1. The van der Waals surface area contributed by atoms with Crippen molar-refractivity contribution in [2.75, 3.05) is 14.2 Å². The maximum atomic E-state index is 12.1. The lowest BCUT2D eigenvalue weighted by Crippen LogP contribution is -2.17. The Bertz CT molecular complexity index is 967. The highest BCUT2D eigenvalue weighted by Gasteiger charge is 2.11. The van der Waals surface area contributed by atoms with Crippen LogP contribution in [0.3, 0.4) is 0 Å². The molecule has 138 valence electrons. The molecule has 0 saturated carbocycles. The first kappa shape index (κ1) is 18.7. The number of H-pyrrole nitrogens is 1. The second-order valence-corrected chi connectivity index (χ2v) is 6.39. The summed E-state index contributed by atoms with van der Waals surface area (Å²) in [6.45, 7) is 0. The van der Waals surface area contributed by atoms with Crippen LogP contribution in [0, 0.1) is 0 Å². The first-order chi connectivity index (χ1) is 13.1. The molecular weight excluding hydrogens is 412 g/mol. The van der Waals surface area contributed by atoms with E-state index in [0.29, 0.717) is 17.1 Å². The van der Waals surface area contributed by atoms with Gasteiger partial charge < -0.3 is 9.47 Å². The van der Waals surface area contributed by atoms with Crippen LogP contribution in [-0.2, 0) is 0 Å². The molecule has 0 aliphatic carbocycles. The van der Waals surface area contributed by atoms with Crippen LogP contribution >= 0.6 is 15.9 Å². The van der Waals surface area contributed by atoms with E-state index in [1.807, 2.05) is 18.2 Å². The molecule has 1 heterocycles. The number of amides is 1. The molecule has 0 unspecified atom stereocenters. The monoisotopic (exact) mass is 428 g/mol. The molecule has 0 bridgehead atoms. The Hall–Kier alpha value is -3.13. The lowest BCUT2D eigenvalue weighted by Gasteiger charge is -2.09. The summed E-state index contributed by atoms with van der Waals surface area (Å²) in [4.78, 5) is 12.1. The summed E-state index contributed by atoms with van der Waals surface area (Å²) in [5.74, 6) is 0.948. The van der Waals surface area contributed by atoms with Crippen LogP contribution in [-0.4, -0.2) is 36.5 Å². The number of carbonyl (C=O) groups is 1. The molecule has 0 atom stereocenters. The molecule has 1 aromatic heterocycles. The third-order valence-electron chi connectivity index (χ3n) is 3.82. The topological polar surface area (TPSA) is 88.6 Å². The highest BCUT2D eigenvalue weighted by molar-refractivity contribution is 9.10. The number of methoxy groups -OCH3 is 2. The van der Waals surface area contributed by atoms with E-state index >= 15 is 0 Å². The molecule has 1 amide bonds. The van der Waals surface area contributed by atoms with Gasteiger partial charge in [0.1, 0.15) is 0 Å². The van der Waals surface area contributed by atoms with Crippen molar-refractivity contribution in [3.63, 3.8) is 0 Å². The van der Waals surface area contributed by atoms with Crippen LogP contribution < -0.4 is 14.9 Å². The molecule has 2 aromatic carbocycles. The Morgan fingerprint density at radius 2 is 1.89 bits per heavy atom. The number of rotatable bonds is 6. The van der Waals surface area contributed by atoms with Gasteiger partial charge in [0, 0.05) is 21.2 Å². The van der Waals surface area contributed by atoms with Gasteiger partial charge in [0.2, 0.25) is 0 Å². The van der Waals surface area contributed by atoms with Crippen molar-refractivity contribution in [2.45, 2.75) is 0 Å². The van der Waals surface area contributed by atoms with Crippen molar-refractivity contribution in [2.24, 2.45) is 5.10 Å². The number of nitrogens with one attached hydrogen (secondary N) is 2. The fraction of sp³-hybridized carbons (Fsp3) is 0.105. The van der Waals surface area contributed by atoms with Gasteiger partial charge in [-0.1, -0.05) is 15.9 Å². The molecule has 0 aliphatic heterocycles. The smallest absolute Gasteiger partial charge is 0.271 e. The van der Waals surface area contributed by atoms with Crippen molar-refractivity contribution in [3.8, 4) is 22.8 Å². The maximum absolute atomic E-state index is 12.1. The summed E-state index contributed by atoms with van der Waals surface area (Å²) in [6.07, 6.45) is 3.16. The van der Waals surface area contributed by atoms with Crippen molar-refractivity contribution in [1.29, 1.82) is 0 Å². The molecule has 0 radical (unpaired) electrons. The normalized spacial score (nSPS) is 10.8. The number of hydrazone groups is 1. The number of nitrogens with zero attached hydrogens (tertiary/aromatic N) is 2. The molecule has 0 aliphatic rings. The van der Waals surface area contributed by atoms with Gasteiger partial charge in [0.15, 0.2) is 11.5 Å². The summed E-state index contributed by atoms with van der Waals surface area (Å²) in [5, 5.41) is 11.0. The third kappa shape index (κ3) is 4.35. The second-order valence-electron chi connectivity index (χ2n) is 5.48. The van der Waals surface area contributed by atoms with Crippen LogP contribution in [0.25, 0.3) is 11.3 Å². The first-order valence-electron chi connectivity index (χ1n) is 7.97. The number of ether oxygens (including phenoxy) is 2. The van der Waals surface area contributed by atoms with Crippen molar-refractivity contribution in [3.05, 3.63) is 64.3 Å². The van der Waals surface area contributed by atoms with Crippen LogP contribution in [0.2, 0.25) is 0 Å². The summed E-state index contributed by atoms with van der Waals surface area (Å²) in [7, 11) is 3.16. The van der Waals surface area contributed by atoms with Gasteiger partial charge >= 0.3 is 0 Å². The zero-order valence-corrected chi connectivity index (χ0v) is 16.3. The SMILES string of the molecule is COc1ccc(-c2[nH]ncc2/C=N/NC(=O)c2ccc(Br)cc2)cc1OC. The quantitative estimate of drug-likeness (QED) is 0.463. The largest absolute Gasteiger partial charge is 0.493 e. The molecule has 27 heavy (non-hydrogen) atoms. The Morgan fingerprint density at radius 1 is 1.15 bits per heavy atom. The molecule has 2 N–H and O–H groups in total. The van der Waals surface area contributed by atoms with Gasteiger partial charge in [0.25, 0.3) is 5.91 Å². The minimum absolute atomic E-state index is 0.296. The standard InChI is InChI=1S/C19H17BrN4O3/c1-26-16-8-5-13(9-17(16)27-2)18-14(10-21-23-18)11-22-24-19(25)12-3-6-15(20)7-4-12/h3-11H,1-2H3,(H,21,23)(H,24,25)/b22-11+. The van der Waals surface area contributed by atoms with Crippen LogP contribution in [0.1, 0.15) is 15.9 Å². The van der Waals surface area contributed by atoms with Gasteiger partial charge in [-0.15, -0.1) is 0 Å². The highest BCUT2D eigenvalue weighted by Crippen LogP contribution is 2.32. The van der Waals surface area contributed by atoms with Crippen LogP contribution in [0.5, 0.6) is 11.5 Å². The Balaban J connectivity index is 1.76. The number of hydrogen-bond donors (Lipinski definition) is 2. The van der Waals surface area contributed by atoms with Gasteiger partial charge in [0.05, 0.1) is 32.3 Å². The number of carbonyl (C=O) groups excluding carboxylic acids is 1. The third-order valence-corrected chi connectivity index (χ3v) is 4.35. The van der Waals surface area contributed by atoms with Gasteiger partial charge in [-0.3, -0.25) is 9.89 Å². The molecule has 0 fully saturated rings. The van der Waals surface area contributed by atoms with E-state index < -0.39 is 0 Å². The van der Waals surface area contributed by atoms with Crippen LogP contribution in [0.15, 0.2) is 58.2 Å². The average molecular weight is 429 g/mol.